The number of aliphatic carboxylic acids is 1. The number of carbonyl (C=O) groups is 2. The fourth-order valence-corrected chi connectivity index (χ4v) is 3.03. The lowest BCUT2D eigenvalue weighted by Crippen LogP contribution is -2.36. The topological polar surface area (TPSA) is 57.6 Å². The van der Waals surface area contributed by atoms with Crippen LogP contribution in [0.5, 0.6) is 0 Å². The molecule has 130 valence electrons. The molecule has 1 aliphatic carbocycles. The molecule has 1 aliphatic rings. The second-order valence-electron chi connectivity index (χ2n) is 6.17. The van der Waals surface area contributed by atoms with Crippen LogP contribution in [-0.4, -0.2) is 28.4 Å². The summed E-state index contributed by atoms with van der Waals surface area (Å²) < 4.78 is 27.3. The number of hydrogen-bond acceptors (Lipinski definition) is 2. The van der Waals surface area contributed by atoms with Gasteiger partial charge in [-0.2, -0.15) is 0 Å². The number of rotatable bonds is 6. The quantitative estimate of drug-likeness (QED) is 0.875. The molecule has 0 radical (unpaired) electrons. The van der Waals surface area contributed by atoms with Gasteiger partial charge in [-0.1, -0.05) is 42.5 Å². The summed E-state index contributed by atoms with van der Waals surface area (Å²) in [7, 11) is 0. The van der Waals surface area contributed by atoms with E-state index < -0.39 is 36.0 Å². The van der Waals surface area contributed by atoms with Crippen LogP contribution >= 0.6 is 0 Å². The third-order valence-electron chi connectivity index (χ3n) is 4.34. The smallest absolute Gasteiger partial charge is 0.323 e. The van der Waals surface area contributed by atoms with Crippen molar-refractivity contribution in [2.75, 3.05) is 6.54 Å². The van der Waals surface area contributed by atoms with Crippen molar-refractivity contribution >= 4 is 11.9 Å². The van der Waals surface area contributed by atoms with Gasteiger partial charge in [-0.25, -0.2) is 8.78 Å². The molecule has 0 bridgehead atoms. The zero-order chi connectivity index (χ0) is 18.0. The van der Waals surface area contributed by atoms with Crippen molar-refractivity contribution < 1.29 is 23.5 Å². The Morgan fingerprint density at radius 2 is 1.80 bits per heavy atom. The second kappa shape index (κ2) is 7.01. The SMILES string of the molecule is O=C(O)CN(Cc1ccccc1)C(=O)C1CC1c1cccc(F)c1F. The van der Waals surface area contributed by atoms with E-state index in [4.69, 9.17) is 5.11 Å². The van der Waals surface area contributed by atoms with Crippen LogP contribution in [-0.2, 0) is 16.1 Å². The van der Waals surface area contributed by atoms with E-state index in [-0.39, 0.29) is 18.0 Å². The van der Waals surface area contributed by atoms with Crippen molar-refractivity contribution in [2.45, 2.75) is 18.9 Å². The van der Waals surface area contributed by atoms with Crippen LogP contribution in [0.4, 0.5) is 8.78 Å². The minimum absolute atomic E-state index is 0.167. The lowest BCUT2D eigenvalue weighted by atomic mass is 10.1. The molecule has 3 rings (SSSR count). The van der Waals surface area contributed by atoms with Crippen molar-refractivity contribution in [1.82, 2.24) is 4.90 Å². The van der Waals surface area contributed by atoms with E-state index in [0.717, 1.165) is 11.6 Å². The molecular formula is C19H17F2NO3. The molecule has 2 atom stereocenters. The average Bonchev–Trinajstić information content (AvgIpc) is 3.37. The number of halogens is 2. The first-order valence-electron chi connectivity index (χ1n) is 7.95. The molecule has 1 saturated carbocycles. The summed E-state index contributed by atoms with van der Waals surface area (Å²) in [5.41, 5.74) is 0.986. The van der Waals surface area contributed by atoms with E-state index in [9.17, 15) is 18.4 Å². The largest absolute Gasteiger partial charge is 0.480 e. The Morgan fingerprint density at radius 1 is 1.08 bits per heavy atom. The van der Waals surface area contributed by atoms with Crippen LogP contribution in [0.3, 0.4) is 0 Å². The van der Waals surface area contributed by atoms with Crippen molar-refractivity contribution in [3.63, 3.8) is 0 Å². The zero-order valence-corrected chi connectivity index (χ0v) is 13.4. The summed E-state index contributed by atoms with van der Waals surface area (Å²) in [4.78, 5) is 25.0. The van der Waals surface area contributed by atoms with Crippen LogP contribution in [0, 0.1) is 17.6 Å². The van der Waals surface area contributed by atoms with Gasteiger partial charge in [0.1, 0.15) is 6.54 Å². The summed E-state index contributed by atoms with van der Waals surface area (Å²) in [5, 5.41) is 9.07. The van der Waals surface area contributed by atoms with Crippen molar-refractivity contribution in [1.29, 1.82) is 0 Å². The third-order valence-corrected chi connectivity index (χ3v) is 4.34. The molecule has 0 spiro atoms. The van der Waals surface area contributed by atoms with Gasteiger partial charge in [-0.3, -0.25) is 9.59 Å². The number of carboxylic acid groups (broad SMARTS) is 1. The van der Waals surface area contributed by atoms with Gasteiger partial charge in [0.15, 0.2) is 11.6 Å². The Hall–Kier alpha value is -2.76. The fraction of sp³-hybridized carbons (Fsp3) is 0.263. The summed E-state index contributed by atoms with van der Waals surface area (Å²) in [5.74, 6) is -4.26. The zero-order valence-electron chi connectivity index (χ0n) is 13.4. The average molecular weight is 345 g/mol. The molecule has 1 amide bonds. The Labute approximate surface area is 143 Å². The van der Waals surface area contributed by atoms with E-state index in [0.29, 0.717) is 6.42 Å². The van der Waals surface area contributed by atoms with Crippen molar-refractivity contribution in [3.8, 4) is 0 Å². The molecule has 0 aliphatic heterocycles. The molecule has 4 nitrogen and oxygen atoms in total. The maximum absolute atomic E-state index is 13.9. The summed E-state index contributed by atoms with van der Waals surface area (Å²) >= 11 is 0. The lowest BCUT2D eigenvalue weighted by molar-refractivity contribution is -0.145. The minimum atomic E-state index is -1.11. The van der Waals surface area contributed by atoms with Crippen LogP contribution < -0.4 is 0 Å². The minimum Gasteiger partial charge on any atom is -0.480 e. The fourth-order valence-electron chi connectivity index (χ4n) is 3.03. The predicted molar refractivity (Wildman–Crippen MR) is 86.7 cm³/mol. The van der Waals surface area contributed by atoms with Gasteiger partial charge in [-0.15, -0.1) is 0 Å². The first kappa shape index (κ1) is 17.1. The molecule has 0 saturated heterocycles. The highest BCUT2D eigenvalue weighted by Gasteiger charge is 2.47. The number of carbonyl (C=O) groups excluding carboxylic acids is 1. The maximum atomic E-state index is 13.9. The predicted octanol–water partition coefficient (Wildman–Crippen LogP) is 3.18. The molecule has 2 aromatic rings. The Kier molecular flexibility index (Phi) is 4.79. The number of amides is 1. The standard InChI is InChI=1S/C19H17F2NO3/c20-16-8-4-7-13(18(16)21)14-9-15(14)19(25)22(11-17(23)24)10-12-5-2-1-3-6-12/h1-8,14-15H,9-11H2,(H,23,24). The highest BCUT2D eigenvalue weighted by atomic mass is 19.2. The number of nitrogens with zero attached hydrogens (tertiary/aromatic N) is 1. The number of benzene rings is 2. The van der Waals surface area contributed by atoms with Gasteiger partial charge in [0, 0.05) is 12.5 Å². The van der Waals surface area contributed by atoms with E-state index in [1.54, 1.807) is 24.3 Å². The summed E-state index contributed by atoms with van der Waals surface area (Å²) in [6.45, 7) is -0.261. The number of carboxylic acids is 1. The molecule has 2 aromatic carbocycles. The van der Waals surface area contributed by atoms with Gasteiger partial charge in [0.25, 0.3) is 0 Å². The van der Waals surface area contributed by atoms with Gasteiger partial charge < -0.3 is 10.0 Å². The second-order valence-corrected chi connectivity index (χ2v) is 6.17. The number of hydrogen-bond donors (Lipinski definition) is 1. The molecule has 25 heavy (non-hydrogen) atoms. The molecule has 1 N–H and O–H groups in total. The van der Waals surface area contributed by atoms with E-state index in [2.05, 4.69) is 0 Å². The van der Waals surface area contributed by atoms with Gasteiger partial charge in [-0.05, 0) is 29.5 Å². The first-order chi connectivity index (χ1) is 12.0. The van der Waals surface area contributed by atoms with E-state index >= 15 is 0 Å². The molecule has 2 unspecified atom stereocenters. The van der Waals surface area contributed by atoms with Crippen molar-refractivity contribution in [2.24, 2.45) is 5.92 Å². The van der Waals surface area contributed by atoms with E-state index in [1.165, 1.54) is 17.0 Å². The molecular weight excluding hydrogens is 328 g/mol. The summed E-state index contributed by atoms with van der Waals surface area (Å²) in [6, 6.07) is 13.0. The highest BCUT2D eigenvalue weighted by molar-refractivity contribution is 5.86. The van der Waals surface area contributed by atoms with Gasteiger partial charge in [0.2, 0.25) is 5.91 Å². The molecule has 6 heteroatoms. The maximum Gasteiger partial charge on any atom is 0.323 e. The molecule has 1 fully saturated rings. The van der Waals surface area contributed by atoms with Crippen LogP contribution in [0.2, 0.25) is 0 Å². The Bertz CT molecular complexity index is 795. The highest BCUT2D eigenvalue weighted by Crippen LogP contribution is 2.49. The molecule has 0 heterocycles. The monoisotopic (exact) mass is 345 g/mol. The third kappa shape index (κ3) is 3.84. The normalized spacial score (nSPS) is 18.6. The first-order valence-corrected chi connectivity index (χ1v) is 7.95. The molecule has 0 aromatic heterocycles. The van der Waals surface area contributed by atoms with Crippen LogP contribution in [0.25, 0.3) is 0 Å². The Morgan fingerprint density at radius 3 is 2.48 bits per heavy atom. The van der Waals surface area contributed by atoms with Crippen LogP contribution in [0.1, 0.15) is 23.5 Å². The lowest BCUT2D eigenvalue weighted by Gasteiger charge is -2.21. The van der Waals surface area contributed by atoms with Gasteiger partial charge >= 0.3 is 5.97 Å². The van der Waals surface area contributed by atoms with Gasteiger partial charge in [0.05, 0.1) is 0 Å². The van der Waals surface area contributed by atoms with Crippen LogP contribution in [0.15, 0.2) is 48.5 Å². The Balaban J connectivity index is 1.75. The van der Waals surface area contributed by atoms with E-state index in [1.807, 2.05) is 6.07 Å². The summed E-state index contributed by atoms with van der Waals surface area (Å²) in [6.07, 6.45) is 0.393. The van der Waals surface area contributed by atoms with Crippen molar-refractivity contribution in [3.05, 3.63) is 71.3 Å².